The van der Waals surface area contributed by atoms with E-state index in [1.54, 1.807) is 0 Å². The molecule has 5 nitrogen and oxygen atoms in total. The standard InChI is InChI=1S/C8H11NO4/c9-5(3-10)8-6(12)1-4(11)2-7(8)13/h1-2,5,10-13H,3,9H2/t5-/m1/s1. The number of phenols is 3. The molecule has 0 saturated heterocycles. The Balaban J connectivity index is 3.20. The summed E-state index contributed by atoms with van der Waals surface area (Å²) < 4.78 is 0. The lowest BCUT2D eigenvalue weighted by Gasteiger charge is -2.12. The monoisotopic (exact) mass is 185 g/mol. The maximum absolute atomic E-state index is 9.26. The first-order valence-electron chi connectivity index (χ1n) is 3.67. The van der Waals surface area contributed by atoms with Gasteiger partial charge in [-0.25, -0.2) is 0 Å². The molecule has 0 fully saturated rings. The van der Waals surface area contributed by atoms with Gasteiger partial charge in [0.05, 0.1) is 18.2 Å². The summed E-state index contributed by atoms with van der Waals surface area (Å²) in [4.78, 5) is 0. The molecule has 0 aliphatic carbocycles. The number of aromatic hydroxyl groups is 3. The van der Waals surface area contributed by atoms with Gasteiger partial charge in [-0.1, -0.05) is 0 Å². The van der Waals surface area contributed by atoms with Gasteiger partial charge < -0.3 is 26.2 Å². The van der Waals surface area contributed by atoms with Crippen LogP contribution in [0.2, 0.25) is 0 Å². The van der Waals surface area contributed by atoms with Gasteiger partial charge in [0.25, 0.3) is 0 Å². The van der Waals surface area contributed by atoms with Crippen molar-refractivity contribution in [2.75, 3.05) is 6.61 Å². The second-order valence-corrected chi connectivity index (χ2v) is 2.69. The highest BCUT2D eigenvalue weighted by molar-refractivity contribution is 5.50. The van der Waals surface area contributed by atoms with Gasteiger partial charge >= 0.3 is 0 Å². The van der Waals surface area contributed by atoms with Crippen LogP contribution in [0.1, 0.15) is 11.6 Å². The van der Waals surface area contributed by atoms with Gasteiger partial charge in [-0.2, -0.15) is 0 Å². The average molecular weight is 185 g/mol. The van der Waals surface area contributed by atoms with Crippen LogP contribution >= 0.6 is 0 Å². The third-order valence-corrected chi connectivity index (χ3v) is 1.69. The van der Waals surface area contributed by atoms with E-state index >= 15 is 0 Å². The molecule has 6 N–H and O–H groups in total. The van der Waals surface area contributed by atoms with Crippen molar-refractivity contribution >= 4 is 0 Å². The molecule has 5 heteroatoms. The Bertz CT molecular complexity index is 290. The zero-order valence-electron chi connectivity index (χ0n) is 6.81. The number of rotatable bonds is 2. The number of benzene rings is 1. The average Bonchev–Trinajstić information content (AvgIpc) is 2.02. The van der Waals surface area contributed by atoms with Crippen LogP contribution in [0.4, 0.5) is 0 Å². The van der Waals surface area contributed by atoms with E-state index in [9.17, 15) is 10.2 Å². The Morgan fingerprint density at radius 1 is 1.15 bits per heavy atom. The Morgan fingerprint density at radius 2 is 1.62 bits per heavy atom. The Morgan fingerprint density at radius 3 is 2.00 bits per heavy atom. The fourth-order valence-corrected chi connectivity index (χ4v) is 1.08. The summed E-state index contributed by atoms with van der Waals surface area (Å²) >= 11 is 0. The summed E-state index contributed by atoms with van der Waals surface area (Å²) in [6.07, 6.45) is 0. The molecule has 0 aliphatic heterocycles. The third kappa shape index (κ3) is 1.82. The second kappa shape index (κ2) is 3.51. The topological polar surface area (TPSA) is 107 Å². The number of phenolic OH excluding ortho intramolecular Hbond substituents is 3. The highest BCUT2D eigenvalue weighted by atomic mass is 16.3. The summed E-state index contributed by atoms with van der Waals surface area (Å²) in [5.41, 5.74) is 5.42. The Kier molecular flexibility index (Phi) is 2.60. The number of aliphatic hydroxyl groups is 1. The molecule has 0 radical (unpaired) electrons. The highest BCUT2D eigenvalue weighted by Crippen LogP contribution is 2.35. The van der Waals surface area contributed by atoms with E-state index in [0.29, 0.717) is 0 Å². The van der Waals surface area contributed by atoms with Gasteiger partial charge in [-0.15, -0.1) is 0 Å². The smallest absolute Gasteiger partial charge is 0.127 e. The Hall–Kier alpha value is -1.46. The van der Waals surface area contributed by atoms with E-state index in [1.165, 1.54) is 0 Å². The molecule has 0 saturated carbocycles. The quantitative estimate of drug-likeness (QED) is 0.438. The van der Waals surface area contributed by atoms with Crippen molar-refractivity contribution in [1.82, 2.24) is 0 Å². The summed E-state index contributed by atoms with van der Waals surface area (Å²) in [7, 11) is 0. The lowest BCUT2D eigenvalue weighted by molar-refractivity contribution is 0.262. The van der Waals surface area contributed by atoms with Gasteiger partial charge in [0.1, 0.15) is 17.2 Å². The van der Waals surface area contributed by atoms with Crippen LogP contribution in [0.5, 0.6) is 17.2 Å². The molecule has 0 aromatic heterocycles. The molecule has 0 amide bonds. The van der Waals surface area contributed by atoms with Crippen molar-refractivity contribution in [1.29, 1.82) is 0 Å². The molecule has 1 atom stereocenters. The maximum Gasteiger partial charge on any atom is 0.127 e. The molecule has 0 aliphatic rings. The first kappa shape index (κ1) is 9.63. The molecule has 72 valence electrons. The van der Waals surface area contributed by atoms with Crippen molar-refractivity contribution in [3.8, 4) is 17.2 Å². The van der Waals surface area contributed by atoms with Crippen molar-refractivity contribution in [2.24, 2.45) is 5.73 Å². The van der Waals surface area contributed by atoms with Gasteiger partial charge in [0.2, 0.25) is 0 Å². The van der Waals surface area contributed by atoms with E-state index in [0.717, 1.165) is 12.1 Å². The molecule has 0 heterocycles. The number of hydrogen-bond acceptors (Lipinski definition) is 5. The van der Waals surface area contributed by atoms with Crippen LogP contribution in [-0.2, 0) is 0 Å². The van der Waals surface area contributed by atoms with Crippen molar-refractivity contribution in [3.63, 3.8) is 0 Å². The predicted molar refractivity (Wildman–Crippen MR) is 45.5 cm³/mol. The minimum absolute atomic E-state index is 0.0281. The van der Waals surface area contributed by atoms with Gasteiger partial charge in [-0.05, 0) is 0 Å². The molecular formula is C8H11NO4. The van der Waals surface area contributed by atoms with Crippen LogP contribution in [0.3, 0.4) is 0 Å². The molecule has 0 bridgehead atoms. The van der Waals surface area contributed by atoms with E-state index in [4.69, 9.17) is 15.9 Å². The third-order valence-electron chi connectivity index (χ3n) is 1.69. The zero-order valence-corrected chi connectivity index (χ0v) is 6.81. The van der Waals surface area contributed by atoms with Crippen LogP contribution in [0.25, 0.3) is 0 Å². The molecule has 1 aromatic carbocycles. The zero-order chi connectivity index (χ0) is 10.0. The lowest BCUT2D eigenvalue weighted by Crippen LogP contribution is -2.14. The minimum Gasteiger partial charge on any atom is -0.508 e. The van der Waals surface area contributed by atoms with Gasteiger partial charge in [0.15, 0.2) is 0 Å². The van der Waals surface area contributed by atoms with Gasteiger partial charge in [0, 0.05) is 12.1 Å². The molecule has 1 rings (SSSR count). The molecule has 13 heavy (non-hydrogen) atoms. The maximum atomic E-state index is 9.26. The molecule has 0 unspecified atom stereocenters. The Labute approximate surface area is 74.7 Å². The van der Waals surface area contributed by atoms with Crippen molar-refractivity contribution in [3.05, 3.63) is 17.7 Å². The largest absolute Gasteiger partial charge is 0.508 e. The summed E-state index contributed by atoms with van der Waals surface area (Å²) in [6, 6.07) is 1.23. The van der Waals surface area contributed by atoms with Crippen LogP contribution in [0.15, 0.2) is 12.1 Å². The van der Waals surface area contributed by atoms with E-state index in [1.807, 2.05) is 0 Å². The first-order valence-corrected chi connectivity index (χ1v) is 3.67. The van der Waals surface area contributed by atoms with Gasteiger partial charge in [-0.3, -0.25) is 0 Å². The number of hydrogen-bond donors (Lipinski definition) is 5. The molecule has 0 spiro atoms. The van der Waals surface area contributed by atoms with Crippen LogP contribution in [0, 0.1) is 0 Å². The fourth-order valence-electron chi connectivity index (χ4n) is 1.08. The van der Waals surface area contributed by atoms with Crippen LogP contribution in [-0.4, -0.2) is 27.0 Å². The number of aliphatic hydroxyl groups excluding tert-OH is 1. The summed E-state index contributed by atoms with van der Waals surface area (Å²) in [6.45, 7) is -0.397. The number of nitrogens with two attached hydrogens (primary N) is 1. The lowest BCUT2D eigenvalue weighted by atomic mass is 10.1. The minimum atomic E-state index is -0.861. The normalized spacial score (nSPS) is 12.8. The fraction of sp³-hybridized carbons (Fsp3) is 0.250. The van der Waals surface area contributed by atoms with E-state index in [-0.39, 0.29) is 22.8 Å². The highest BCUT2D eigenvalue weighted by Gasteiger charge is 2.15. The first-order chi connectivity index (χ1) is 6.06. The van der Waals surface area contributed by atoms with E-state index in [2.05, 4.69) is 0 Å². The SMILES string of the molecule is N[C@H](CO)c1c(O)cc(O)cc1O. The predicted octanol–water partition coefficient (Wildman–Crippen LogP) is -0.205. The van der Waals surface area contributed by atoms with Crippen LogP contribution < -0.4 is 5.73 Å². The molecule has 1 aromatic rings. The van der Waals surface area contributed by atoms with E-state index < -0.39 is 12.6 Å². The molecular weight excluding hydrogens is 174 g/mol. The summed E-state index contributed by atoms with van der Waals surface area (Å²) in [5, 5.41) is 36.2. The second-order valence-electron chi connectivity index (χ2n) is 2.69. The van der Waals surface area contributed by atoms with Crippen molar-refractivity contribution < 1.29 is 20.4 Å². The van der Waals surface area contributed by atoms with Crippen molar-refractivity contribution in [2.45, 2.75) is 6.04 Å². The summed E-state index contributed by atoms with van der Waals surface area (Å²) in [5.74, 6) is -0.929.